The smallest absolute Gasteiger partial charge is 0.414 e. The van der Waals surface area contributed by atoms with E-state index in [0.29, 0.717) is 0 Å². The van der Waals surface area contributed by atoms with Crippen molar-refractivity contribution in [2.45, 2.75) is 25.2 Å². The standard InChI is InChI=1S/C18H20F2N4O6/c1-2-28-16(25)21-5-10-6-24(18(27)29-10)9-3-11(19)15(12(20)4-9)23-7-13-14(8-23)30-17(26)22-13/h3-4,10,13-14H,2,5-8H2,1H3,(H,21,25)(H,22,26)/t10-,13+,14-/m0/s1. The van der Waals surface area contributed by atoms with Crippen LogP contribution in [0.1, 0.15) is 6.92 Å². The lowest BCUT2D eigenvalue weighted by atomic mass is 10.2. The number of hydrogen-bond donors (Lipinski definition) is 2. The van der Waals surface area contributed by atoms with E-state index in [1.165, 1.54) is 4.90 Å². The SMILES string of the molecule is CCOC(=O)NC[C@H]1CN(c2cc(F)c(N3C[C@@H]4OC(=O)N[C@@H]4C3)c(F)c2)C(=O)O1. The van der Waals surface area contributed by atoms with Gasteiger partial charge in [0.2, 0.25) is 0 Å². The number of anilines is 2. The average molecular weight is 426 g/mol. The number of rotatable bonds is 5. The van der Waals surface area contributed by atoms with E-state index in [1.807, 2.05) is 0 Å². The fourth-order valence-corrected chi connectivity index (χ4v) is 3.77. The molecule has 4 rings (SSSR count). The van der Waals surface area contributed by atoms with Crippen molar-refractivity contribution in [2.75, 3.05) is 42.6 Å². The van der Waals surface area contributed by atoms with Gasteiger partial charge in [-0.2, -0.15) is 0 Å². The number of alkyl carbamates (subject to hydrolysis) is 2. The Morgan fingerprint density at radius 2 is 1.97 bits per heavy atom. The molecule has 2 N–H and O–H groups in total. The van der Waals surface area contributed by atoms with Gasteiger partial charge in [-0.05, 0) is 6.92 Å². The number of cyclic esters (lactones) is 1. The van der Waals surface area contributed by atoms with Crippen molar-refractivity contribution in [1.29, 1.82) is 0 Å². The third-order valence-corrected chi connectivity index (χ3v) is 5.08. The molecule has 3 fully saturated rings. The molecule has 162 valence electrons. The fraction of sp³-hybridized carbons (Fsp3) is 0.500. The Labute approximate surface area is 170 Å². The van der Waals surface area contributed by atoms with Crippen LogP contribution in [-0.2, 0) is 14.2 Å². The predicted molar refractivity (Wildman–Crippen MR) is 98.4 cm³/mol. The number of halogens is 2. The lowest BCUT2D eigenvalue weighted by molar-refractivity contribution is 0.127. The molecule has 3 saturated heterocycles. The summed E-state index contributed by atoms with van der Waals surface area (Å²) in [5.41, 5.74) is -0.250. The normalized spacial score (nSPS) is 25.0. The largest absolute Gasteiger partial charge is 0.450 e. The highest BCUT2D eigenvalue weighted by molar-refractivity contribution is 5.90. The molecule has 12 heteroatoms. The molecule has 0 unspecified atom stereocenters. The fourth-order valence-electron chi connectivity index (χ4n) is 3.77. The second kappa shape index (κ2) is 7.84. The maximum atomic E-state index is 14.8. The zero-order chi connectivity index (χ0) is 21.4. The molecule has 0 saturated carbocycles. The zero-order valence-corrected chi connectivity index (χ0v) is 16.0. The summed E-state index contributed by atoms with van der Waals surface area (Å²) < 4.78 is 44.5. The van der Waals surface area contributed by atoms with E-state index >= 15 is 0 Å². The first kappa shape index (κ1) is 20.0. The second-order valence-corrected chi connectivity index (χ2v) is 7.08. The van der Waals surface area contributed by atoms with Gasteiger partial charge in [-0.15, -0.1) is 0 Å². The number of amides is 3. The van der Waals surface area contributed by atoms with Crippen molar-refractivity contribution in [3.8, 4) is 0 Å². The van der Waals surface area contributed by atoms with Gasteiger partial charge in [0, 0.05) is 18.7 Å². The topological polar surface area (TPSA) is 109 Å². The van der Waals surface area contributed by atoms with Crippen LogP contribution in [0.2, 0.25) is 0 Å². The van der Waals surface area contributed by atoms with Gasteiger partial charge < -0.3 is 29.7 Å². The highest BCUT2D eigenvalue weighted by Crippen LogP contribution is 2.34. The van der Waals surface area contributed by atoms with E-state index in [4.69, 9.17) is 14.2 Å². The van der Waals surface area contributed by atoms with E-state index in [9.17, 15) is 23.2 Å². The molecule has 0 aliphatic carbocycles. The summed E-state index contributed by atoms with van der Waals surface area (Å²) in [5, 5.41) is 5.04. The summed E-state index contributed by atoms with van der Waals surface area (Å²) in [6.45, 7) is 2.23. The van der Waals surface area contributed by atoms with Crippen LogP contribution in [0.5, 0.6) is 0 Å². The summed E-state index contributed by atoms with van der Waals surface area (Å²) in [6, 6.07) is 1.76. The van der Waals surface area contributed by atoms with E-state index in [-0.39, 0.29) is 50.2 Å². The summed E-state index contributed by atoms with van der Waals surface area (Å²) in [5.74, 6) is -1.70. The lowest BCUT2D eigenvalue weighted by Crippen LogP contribution is -2.35. The summed E-state index contributed by atoms with van der Waals surface area (Å²) >= 11 is 0. The van der Waals surface area contributed by atoms with Crippen molar-refractivity contribution < 1.29 is 37.4 Å². The van der Waals surface area contributed by atoms with Crippen LogP contribution in [0.25, 0.3) is 0 Å². The molecule has 30 heavy (non-hydrogen) atoms. The molecule has 0 radical (unpaired) electrons. The van der Waals surface area contributed by atoms with Crippen molar-refractivity contribution in [2.24, 2.45) is 0 Å². The van der Waals surface area contributed by atoms with E-state index in [0.717, 1.165) is 17.0 Å². The van der Waals surface area contributed by atoms with Gasteiger partial charge in [0.15, 0.2) is 11.6 Å². The number of nitrogens with one attached hydrogen (secondary N) is 2. The highest BCUT2D eigenvalue weighted by Gasteiger charge is 2.43. The van der Waals surface area contributed by atoms with Gasteiger partial charge in [-0.25, -0.2) is 23.2 Å². The molecule has 0 spiro atoms. The number of fused-ring (bicyclic) bond motifs is 1. The van der Waals surface area contributed by atoms with Crippen molar-refractivity contribution in [1.82, 2.24) is 10.6 Å². The van der Waals surface area contributed by atoms with Crippen LogP contribution < -0.4 is 20.4 Å². The van der Waals surface area contributed by atoms with Crippen molar-refractivity contribution in [3.63, 3.8) is 0 Å². The molecular formula is C18H20F2N4O6. The van der Waals surface area contributed by atoms with Crippen molar-refractivity contribution >= 4 is 29.7 Å². The monoisotopic (exact) mass is 426 g/mol. The Morgan fingerprint density at radius 3 is 2.63 bits per heavy atom. The van der Waals surface area contributed by atoms with Crippen LogP contribution in [0.3, 0.4) is 0 Å². The summed E-state index contributed by atoms with van der Waals surface area (Å²) in [6.07, 6.45) is -3.13. The summed E-state index contributed by atoms with van der Waals surface area (Å²) in [7, 11) is 0. The van der Waals surface area contributed by atoms with E-state index < -0.39 is 42.1 Å². The minimum Gasteiger partial charge on any atom is -0.450 e. The van der Waals surface area contributed by atoms with Gasteiger partial charge in [0.25, 0.3) is 0 Å². The van der Waals surface area contributed by atoms with Gasteiger partial charge in [0.1, 0.15) is 17.9 Å². The summed E-state index contributed by atoms with van der Waals surface area (Å²) in [4.78, 5) is 37.3. The Bertz CT molecular complexity index is 845. The maximum Gasteiger partial charge on any atom is 0.414 e. The quantitative estimate of drug-likeness (QED) is 0.684. The predicted octanol–water partition coefficient (Wildman–Crippen LogP) is 1.33. The molecule has 0 aromatic heterocycles. The molecule has 3 atom stereocenters. The minimum atomic E-state index is -0.850. The zero-order valence-electron chi connectivity index (χ0n) is 16.0. The lowest BCUT2D eigenvalue weighted by Gasteiger charge is -2.22. The third kappa shape index (κ3) is 3.76. The molecule has 1 aromatic carbocycles. The highest BCUT2D eigenvalue weighted by atomic mass is 19.1. The maximum absolute atomic E-state index is 14.8. The molecule has 1 aromatic rings. The molecule has 10 nitrogen and oxygen atoms in total. The Hall–Kier alpha value is -3.31. The van der Waals surface area contributed by atoms with Gasteiger partial charge in [0.05, 0.1) is 38.0 Å². The number of ether oxygens (including phenoxy) is 3. The van der Waals surface area contributed by atoms with Gasteiger partial charge in [-0.1, -0.05) is 0 Å². The van der Waals surface area contributed by atoms with Crippen LogP contribution in [0.4, 0.5) is 34.5 Å². The molecule has 3 heterocycles. The minimum absolute atomic E-state index is 0.00123. The van der Waals surface area contributed by atoms with Gasteiger partial charge >= 0.3 is 18.3 Å². The van der Waals surface area contributed by atoms with Crippen LogP contribution >= 0.6 is 0 Å². The second-order valence-electron chi connectivity index (χ2n) is 7.08. The molecular weight excluding hydrogens is 406 g/mol. The number of hydrogen-bond acceptors (Lipinski definition) is 7. The number of carbonyl (C=O) groups excluding carboxylic acids is 3. The molecule has 3 aliphatic rings. The Balaban J connectivity index is 1.44. The first-order chi connectivity index (χ1) is 14.4. The van der Waals surface area contributed by atoms with Crippen LogP contribution in [-0.4, -0.2) is 69.3 Å². The van der Waals surface area contributed by atoms with E-state index in [2.05, 4.69) is 10.6 Å². The Kier molecular flexibility index (Phi) is 5.22. The Morgan fingerprint density at radius 1 is 1.23 bits per heavy atom. The van der Waals surface area contributed by atoms with Crippen LogP contribution in [0, 0.1) is 11.6 Å². The molecule has 3 amide bonds. The number of benzene rings is 1. The van der Waals surface area contributed by atoms with Gasteiger partial charge in [-0.3, -0.25) is 4.90 Å². The average Bonchev–Trinajstić information content (AvgIpc) is 3.32. The van der Waals surface area contributed by atoms with Crippen molar-refractivity contribution in [3.05, 3.63) is 23.8 Å². The van der Waals surface area contributed by atoms with E-state index in [1.54, 1.807) is 6.92 Å². The number of carbonyl (C=O) groups is 3. The first-order valence-corrected chi connectivity index (χ1v) is 9.45. The third-order valence-electron chi connectivity index (χ3n) is 5.08. The molecule has 3 aliphatic heterocycles. The number of nitrogens with zero attached hydrogens (tertiary/aromatic N) is 2. The molecule has 0 bridgehead atoms. The first-order valence-electron chi connectivity index (χ1n) is 9.45. The van der Waals surface area contributed by atoms with Crippen LogP contribution in [0.15, 0.2) is 12.1 Å².